The molecular weight excluding hydrogens is 208 g/mol. The highest BCUT2D eigenvalue weighted by atomic mass is 14.8. The molecule has 0 saturated heterocycles. The SMILES string of the molecule is Nc1cccc(CNCCC2CCCCC2)c1. The molecular formula is C15H24N2. The van der Waals surface area contributed by atoms with Crippen molar-refractivity contribution in [3.63, 3.8) is 0 Å². The molecule has 1 aliphatic rings. The molecule has 94 valence electrons. The van der Waals surface area contributed by atoms with E-state index in [0.717, 1.165) is 24.7 Å². The second-order valence-electron chi connectivity index (χ2n) is 5.21. The summed E-state index contributed by atoms with van der Waals surface area (Å²) in [5.41, 5.74) is 7.90. The topological polar surface area (TPSA) is 38.0 Å². The van der Waals surface area contributed by atoms with Crippen LogP contribution in [0.1, 0.15) is 44.1 Å². The van der Waals surface area contributed by atoms with Gasteiger partial charge in [-0.15, -0.1) is 0 Å². The molecule has 17 heavy (non-hydrogen) atoms. The minimum atomic E-state index is 0.858. The van der Waals surface area contributed by atoms with E-state index in [-0.39, 0.29) is 0 Å². The quantitative estimate of drug-likeness (QED) is 0.603. The fourth-order valence-corrected chi connectivity index (χ4v) is 2.72. The van der Waals surface area contributed by atoms with E-state index in [1.54, 1.807) is 0 Å². The maximum absolute atomic E-state index is 5.75. The number of hydrogen-bond acceptors (Lipinski definition) is 2. The molecule has 1 aliphatic carbocycles. The Bertz CT molecular complexity index is 329. The van der Waals surface area contributed by atoms with E-state index in [2.05, 4.69) is 11.4 Å². The van der Waals surface area contributed by atoms with Crippen molar-refractivity contribution in [2.24, 2.45) is 5.92 Å². The van der Waals surface area contributed by atoms with Gasteiger partial charge < -0.3 is 11.1 Å². The third-order valence-electron chi connectivity index (χ3n) is 3.73. The fraction of sp³-hybridized carbons (Fsp3) is 0.600. The van der Waals surface area contributed by atoms with Crippen LogP contribution >= 0.6 is 0 Å². The highest BCUT2D eigenvalue weighted by Gasteiger charge is 2.12. The lowest BCUT2D eigenvalue weighted by Crippen LogP contribution is -2.19. The molecule has 0 atom stereocenters. The lowest BCUT2D eigenvalue weighted by molar-refractivity contribution is 0.334. The Labute approximate surface area is 105 Å². The standard InChI is InChI=1S/C15H24N2/c16-15-8-4-7-14(11-15)12-17-10-9-13-5-2-1-3-6-13/h4,7-8,11,13,17H,1-3,5-6,9-10,12,16H2. The first kappa shape index (κ1) is 12.4. The molecule has 0 bridgehead atoms. The van der Waals surface area contributed by atoms with E-state index >= 15 is 0 Å². The van der Waals surface area contributed by atoms with Crippen molar-refractivity contribution in [1.82, 2.24) is 5.32 Å². The van der Waals surface area contributed by atoms with Crippen LogP contribution in [0, 0.1) is 5.92 Å². The first-order valence-corrected chi connectivity index (χ1v) is 6.90. The molecule has 0 unspecified atom stereocenters. The summed E-state index contributed by atoms with van der Waals surface area (Å²) >= 11 is 0. The van der Waals surface area contributed by atoms with Crippen molar-refractivity contribution >= 4 is 5.69 Å². The van der Waals surface area contributed by atoms with Crippen LogP contribution in [0.5, 0.6) is 0 Å². The van der Waals surface area contributed by atoms with Gasteiger partial charge in [-0.3, -0.25) is 0 Å². The van der Waals surface area contributed by atoms with Crippen molar-refractivity contribution < 1.29 is 0 Å². The molecule has 1 aromatic rings. The van der Waals surface area contributed by atoms with Crippen molar-refractivity contribution in [3.05, 3.63) is 29.8 Å². The van der Waals surface area contributed by atoms with Gasteiger partial charge in [0.15, 0.2) is 0 Å². The van der Waals surface area contributed by atoms with E-state index in [4.69, 9.17) is 5.73 Å². The van der Waals surface area contributed by atoms with Crippen LogP contribution in [0.25, 0.3) is 0 Å². The summed E-state index contributed by atoms with van der Waals surface area (Å²) in [6.45, 7) is 2.08. The van der Waals surface area contributed by atoms with Crippen LogP contribution in [0.15, 0.2) is 24.3 Å². The Hall–Kier alpha value is -1.02. The molecule has 0 aliphatic heterocycles. The van der Waals surface area contributed by atoms with Gasteiger partial charge in [-0.25, -0.2) is 0 Å². The van der Waals surface area contributed by atoms with Gasteiger partial charge in [0.25, 0.3) is 0 Å². The minimum Gasteiger partial charge on any atom is -0.399 e. The molecule has 1 aromatic carbocycles. The van der Waals surface area contributed by atoms with Crippen LogP contribution < -0.4 is 11.1 Å². The second-order valence-corrected chi connectivity index (χ2v) is 5.21. The number of rotatable bonds is 5. The number of nitrogens with one attached hydrogen (secondary N) is 1. The lowest BCUT2D eigenvalue weighted by atomic mass is 9.87. The molecule has 1 fully saturated rings. The van der Waals surface area contributed by atoms with E-state index in [0.29, 0.717) is 0 Å². The van der Waals surface area contributed by atoms with Crippen LogP contribution in [0.4, 0.5) is 5.69 Å². The highest BCUT2D eigenvalue weighted by Crippen LogP contribution is 2.25. The van der Waals surface area contributed by atoms with Gasteiger partial charge in [0.2, 0.25) is 0 Å². The molecule has 0 radical (unpaired) electrons. The largest absolute Gasteiger partial charge is 0.399 e. The number of benzene rings is 1. The van der Waals surface area contributed by atoms with E-state index in [1.165, 1.54) is 44.1 Å². The predicted molar refractivity (Wildman–Crippen MR) is 73.8 cm³/mol. The second kappa shape index (κ2) is 6.65. The Morgan fingerprint density at radius 3 is 2.76 bits per heavy atom. The molecule has 1 saturated carbocycles. The average Bonchev–Trinajstić information content (AvgIpc) is 2.36. The molecule has 0 aromatic heterocycles. The zero-order chi connectivity index (χ0) is 11.9. The maximum atomic E-state index is 5.75. The summed E-state index contributed by atoms with van der Waals surface area (Å²) in [5.74, 6) is 0.970. The Morgan fingerprint density at radius 2 is 2.00 bits per heavy atom. The molecule has 0 heterocycles. The number of nitrogen functional groups attached to an aromatic ring is 1. The van der Waals surface area contributed by atoms with Gasteiger partial charge in [0, 0.05) is 12.2 Å². The number of anilines is 1. The van der Waals surface area contributed by atoms with Gasteiger partial charge in [0.1, 0.15) is 0 Å². The Kier molecular flexibility index (Phi) is 4.87. The van der Waals surface area contributed by atoms with Crippen molar-refractivity contribution in [2.75, 3.05) is 12.3 Å². The van der Waals surface area contributed by atoms with Crippen LogP contribution in [-0.2, 0) is 6.54 Å². The average molecular weight is 232 g/mol. The van der Waals surface area contributed by atoms with E-state index < -0.39 is 0 Å². The van der Waals surface area contributed by atoms with Gasteiger partial charge in [-0.1, -0.05) is 44.2 Å². The van der Waals surface area contributed by atoms with Crippen LogP contribution in [0.2, 0.25) is 0 Å². The molecule has 0 spiro atoms. The Balaban J connectivity index is 1.62. The highest BCUT2D eigenvalue weighted by molar-refractivity contribution is 5.40. The summed E-state index contributed by atoms with van der Waals surface area (Å²) in [4.78, 5) is 0. The van der Waals surface area contributed by atoms with Gasteiger partial charge >= 0.3 is 0 Å². The first-order valence-electron chi connectivity index (χ1n) is 6.90. The fourth-order valence-electron chi connectivity index (χ4n) is 2.72. The van der Waals surface area contributed by atoms with Crippen molar-refractivity contribution in [3.8, 4) is 0 Å². The summed E-state index contributed by atoms with van der Waals surface area (Å²) in [6.07, 6.45) is 8.56. The smallest absolute Gasteiger partial charge is 0.0317 e. The minimum absolute atomic E-state index is 0.858. The van der Waals surface area contributed by atoms with Crippen LogP contribution in [0.3, 0.4) is 0 Å². The number of nitrogens with two attached hydrogens (primary N) is 1. The third-order valence-corrected chi connectivity index (χ3v) is 3.73. The predicted octanol–water partition coefficient (Wildman–Crippen LogP) is 3.33. The normalized spacial score (nSPS) is 17.2. The summed E-state index contributed by atoms with van der Waals surface area (Å²) < 4.78 is 0. The lowest BCUT2D eigenvalue weighted by Gasteiger charge is -2.21. The monoisotopic (exact) mass is 232 g/mol. The summed E-state index contributed by atoms with van der Waals surface area (Å²) in [5, 5.41) is 3.52. The summed E-state index contributed by atoms with van der Waals surface area (Å²) in [7, 11) is 0. The zero-order valence-electron chi connectivity index (χ0n) is 10.6. The first-order chi connectivity index (χ1) is 8.34. The van der Waals surface area contributed by atoms with Crippen molar-refractivity contribution in [1.29, 1.82) is 0 Å². The van der Waals surface area contributed by atoms with Crippen molar-refractivity contribution in [2.45, 2.75) is 45.1 Å². The van der Waals surface area contributed by atoms with Gasteiger partial charge in [-0.2, -0.15) is 0 Å². The molecule has 2 nitrogen and oxygen atoms in total. The number of hydrogen-bond donors (Lipinski definition) is 2. The zero-order valence-corrected chi connectivity index (χ0v) is 10.6. The van der Waals surface area contributed by atoms with Crippen LogP contribution in [-0.4, -0.2) is 6.54 Å². The molecule has 3 N–H and O–H groups in total. The van der Waals surface area contributed by atoms with Gasteiger partial charge in [-0.05, 0) is 36.6 Å². The molecule has 2 heteroatoms. The molecule has 0 amide bonds. The third kappa shape index (κ3) is 4.39. The van der Waals surface area contributed by atoms with E-state index in [1.807, 2.05) is 18.2 Å². The maximum Gasteiger partial charge on any atom is 0.0317 e. The van der Waals surface area contributed by atoms with E-state index in [9.17, 15) is 0 Å². The Morgan fingerprint density at radius 1 is 1.18 bits per heavy atom. The molecule has 2 rings (SSSR count). The van der Waals surface area contributed by atoms with Gasteiger partial charge in [0.05, 0.1) is 0 Å². The summed E-state index contributed by atoms with van der Waals surface area (Å²) in [6, 6.07) is 8.14.